The van der Waals surface area contributed by atoms with E-state index in [1.54, 1.807) is 0 Å². The number of rotatable bonds is 3. The van der Waals surface area contributed by atoms with Gasteiger partial charge in [-0.1, -0.05) is 67.6 Å². The number of hydrogen-bond donors (Lipinski definition) is 0. The fourth-order valence-electron chi connectivity index (χ4n) is 1.35. The molecule has 0 aliphatic carbocycles. The molecule has 19 heavy (non-hydrogen) atoms. The fraction of sp³-hybridized carbons (Fsp3) is 0.235. The Kier molecular flexibility index (Phi) is 6.55. The SMILES string of the molecule is CCN(C)C.O=C(c1ccccc1)c1ccccc1. The second kappa shape index (κ2) is 8.22. The van der Waals surface area contributed by atoms with E-state index in [0.717, 1.165) is 17.7 Å². The van der Waals surface area contributed by atoms with Crippen molar-refractivity contribution in [1.29, 1.82) is 0 Å². The molecule has 0 atom stereocenters. The minimum Gasteiger partial charge on any atom is -0.310 e. The zero-order valence-electron chi connectivity index (χ0n) is 11.8. The van der Waals surface area contributed by atoms with Gasteiger partial charge in [-0.2, -0.15) is 0 Å². The molecular formula is C17H21NO. The van der Waals surface area contributed by atoms with E-state index in [0.29, 0.717) is 0 Å². The highest BCUT2D eigenvalue weighted by molar-refractivity contribution is 6.08. The van der Waals surface area contributed by atoms with Crippen molar-refractivity contribution in [2.75, 3.05) is 20.6 Å². The average Bonchev–Trinajstić information content (AvgIpc) is 2.49. The van der Waals surface area contributed by atoms with Crippen molar-refractivity contribution >= 4 is 5.78 Å². The third-order valence-electron chi connectivity index (χ3n) is 2.70. The largest absolute Gasteiger partial charge is 0.310 e. The Morgan fingerprint density at radius 2 is 1.16 bits per heavy atom. The van der Waals surface area contributed by atoms with Gasteiger partial charge in [0.05, 0.1) is 0 Å². The second-order valence-corrected chi connectivity index (χ2v) is 4.46. The van der Waals surface area contributed by atoms with Gasteiger partial charge in [-0.25, -0.2) is 0 Å². The second-order valence-electron chi connectivity index (χ2n) is 4.46. The van der Waals surface area contributed by atoms with Crippen molar-refractivity contribution in [1.82, 2.24) is 4.90 Å². The zero-order chi connectivity index (χ0) is 14.1. The first-order valence-corrected chi connectivity index (χ1v) is 6.44. The summed E-state index contributed by atoms with van der Waals surface area (Å²) in [4.78, 5) is 14.0. The molecule has 2 aromatic rings. The van der Waals surface area contributed by atoms with E-state index in [1.807, 2.05) is 60.7 Å². The van der Waals surface area contributed by atoms with Gasteiger partial charge in [0.1, 0.15) is 0 Å². The molecule has 0 amide bonds. The van der Waals surface area contributed by atoms with Crippen LogP contribution in [0.1, 0.15) is 22.8 Å². The Bertz CT molecular complexity index is 436. The lowest BCUT2D eigenvalue weighted by atomic mass is 10.0. The Balaban J connectivity index is 0.000000312. The molecule has 0 N–H and O–H groups in total. The van der Waals surface area contributed by atoms with Gasteiger partial charge in [-0.05, 0) is 20.6 Å². The molecule has 0 heterocycles. The molecular weight excluding hydrogens is 234 g/mol. The molecule has 0 bridgehead atoms. The smallest absolute Gasteiger partial charge is 0.193 e. The molecule has 0 saturated carbocycles. The highest BCUT2D eigenvalue weighted by Gasteiger charge is 2.06. The van der Waals surface area contributed by atoms with Crippen LogP contribution in [-0.2, 0) is 0 Å². The van der Waals surface area contributed by atoms with Crippen molar-refractivity contribution in [3.05, 3.63) is 71.8 Å². The molecule has 100 valence electrons. The molecule has 0 saturated heterocycles. The summed E-state index contributed by atoms with van der Waals surface area (Å²) in [6.07, 6.45) is 0. The van der Waals surface area contributed by atoms with Crippen molar-refractivity contribution < 1.29 is 4.79 Å². The topological polar surface area (TPSA) is 20.3 Å². The Labute approximate surface area is 115 Å². The van der Waals surface area contributed by atoms with Crippen LogP contribution in [0.15, 0.2) is 60.7 Å². The summed E-state index contributed by atoms with van der Waals surface area (Å²) < 4.78 is 0. The van der Waals surface area contributed by atoms with E-state index in [4.69, 9.17) is 0 Å². The minimum atomic E-state index is 0.0752. The highest BCUT2D eigenvalue weighted by atomic mass is 16.1. The lowest BCUT2D eigenvalue weighted by molar-refractivity contribution is 0.103. The molecule has 0 spiro atoms. The van der Waals surface area contributed by atoms with Crippen LogP contribution in [0, 0.1) is 0 Å². The maximum Gasteiger partial charge on any atom is 0.193 e. The number of carbonyl (C=O) groups excluding carboxylic acids is 1. The standard InChI is InChI=1S/C13H10O.C4H11N/c14-13(11-7-3-1-4-8-11)12-9-5-2-6-10-12;1-4-5(2)3/h1-10H;4H2,1-3H3. The van der Waals surface area contributed by atoms with Crippen molar-refractivity contribution in [3.8, 4) is 0 Å². The van der Waals surface area contributed by atoms with Gasteiger partial charge in [0.25, 0.3) is 0 Å². The van der Waals surface area contributed by atoms with Crippen LogP contribution in [0.5, 0.6) is 0 Å². The first-order chi connectivity index (χ1) is 9.15. The maximum absolute atomic E-state index is 11.8. The van der Waals surface area contributed by atoms with E-state index < -0.39 is 0 Å². The number of ketones is 1. The predicted octanol–water partition coefficient (Wildman–Crippen LogP) is 3.49. The fourth-order valence-corrected chi connectivity index (χ4v) is 1.35. The molecule has 0 aromatic heterocycles. The van der Waals surface area contributed by atoms with Gasteiger partial charge in [0, 0.05) is 11.1 Å². The van der Waals surface area contributed by atoms with Crippen LogP contribution in [0.4, 0.5) is 0 Å². The first kappa shape index (κ1) is 15.1. The highest BCUT2D eigenvalue weighted by Crippen LogP contribution is 2.08. The summed E-state index contributed by atoms with van der Waals surface area (Å²) >= 11 is 0. The number of carbonyl (C=O) groups is 1. The number of hydrogen-bond acceptors (Lipinski definition) is 2. The third kappa shape index (κ3) is 5.49. The van der Waals surface area contributed by atoms with Gasteiger partial charge in [-0.3, -0.25) is 4.79 Å². The maximum atomic E-state index is 11.8. The van der Waals surface area contributed by atoms with Crippen LogP contribution in [0.3, 0.4) is 0 Å². The molecule has 0 aliphatic heterocycles. The van der Waals surface area contributed by atoms with Gasteiger partial charge >= 0.3 is 0 Å². The molecule has 0 unspecified atom stereocenters. The lowest BCUT2D eigenvalue weighted by Crippen LogP contribution is -2.08. The van der Waals surface area contributed by atoms with Gasteiger partial charge in [0.2, 0.25) is 0 Å². The third-order valence-corrected chi connectivity index (χ3v) is 2.70. The predicted molar refractivity (Wildman–Crippen MR) is 80.5 cm³/mol. The monoisotopic (exact) mass is 255 g/mol. The molecule has 2 aromatic carbocycles. The van der Waals surface area contributed by atoms with E-state index in [9.17, 15) is 4.79 Å². The van der Waals surface area contributed by atoms with Crippen LogP contribution in [0.25, 0.3) is 0 Å². The number of benzene rings is 2. The molecule has 0 fully saturated rings. The number of nitrogens with zero attached hydrogens (tertiary/aromatic N) is 1. The summed E-state index contributed by atoms with van der Waals surface area (Å²) in [5, 5.41) is 0. The van der Waals surface area contributed by atoms with Crippen molar-refractivity contribution in [2.24, 2.45) is 0 Å². The molecule has 0 radical (unpaired) electrons. The summed E-state index contributed by atoms with van der Waals surface area (Å²) in [6, 6.07) is 18.6. The lowest BCUT2D eigenvalue weighted by Gasteiger charge is -2.00. The Morgan fingerprint density at radius 3 is 1.42 bits per heavy atom. The van der Waals surface area contributed by atoms with Crippen LogP contribution < -0.4 is 0 Å². The minimum absolute atomic E-state index is 0.0752. The van der Waals surface area contributed by atoms with Crippen LogP contribution in [-0.4, -0.2) is 31.3 Å². The van der Waals surface area contributed by atoms with Crippen molar-refractivity contribution in [3.63, 3.8) is 0 Å². The van der Waals surface area contributed by atoms with Gasteiger partial charge < -0.3 is 4.90 Å². The quantitative estimate of drug-likeness (QED) is 0.783. The Morgan fingerprint density at radius 1 is 0.842 bits per heavy atom. The summed E-state index contributed by atoms with van der Waals surface area (Å²) in [5.74, 6) is 0.0752. The molecule has 0 aliphatic rings. The summed E-state index contributed by atoms with van der Waals surface area (Å²) in [7, 11) is 4.11. The van der Waals surface area contributed by atoms with E-state index >= 15 is 0 Å². The Hall–Kier alpha value is -1.93. The summed E-state index contributed by atoms with van der Waals surface area (Å²) in [6.45, 7) is 3.26. The normalized spacial score (nSPS) is 9.68. The van der Waals surface area contributed by atoms with Crippen molar-refractivity contribution in [2.45, 2.75) is 6.92 Å². The van der Waals surface area contributed by atoms with Gasteiger partial charge in [0.15, 0.2) is 5.78 Å². The average molecular weight is 255 g/mol. The van der Waals surface area contributed by atoms with E-state index in [-0.39, 0.29) is 5.78 Å². The van der Waals surface area contributed by atoms with Gasteiger partial charge in [-0.15, -0.1) is 0 Å². The molecule has 2 heteroatoms. The van der Waals surface area contributed by atoms with Crippen LogP contribution in [0.2, 0.25) is 0 Å². The van der Waals surface area contributed by atoms with E-state index in [1.165, 1.54) is 0 Å². The van der Waals surface area contributed by atoms with E-state index in [2.05, 4.69) is 25.9 Å². The summed E-state index contributed by atoms with van der Waals surface area (Å²) in [5.41, 5.74) is 1.47. The molecule has 2 rings (SSSR count). The first-order valence-electron chi connectivity index (χ1n) is 6.44. The molecule has 2 nitrogen and oxygen atoms in total. The zero-order valence-corrected chi connectivity index (χ0v) is 11.8. The van der Waals surface area contributed by atoms with Crippen LogP contribution >= 0.6 is 0 Å².